The van der Waals surface area contributed by atoms with Crippen LogP contribution in [0.2, 0.25) is 0 Å². The quantitative estimate of drug-likeness (QED) is 0.741. The Hall–Kier alpha value is -2.87. The van der Waals surface area contributed by atoms with E-state index in [4.69, 9.17) is 0 Å². The van der Waals surface area contributed by atoms with Crippen molar-refractivity contribution in [2.75, 3.05) is 19.6 Å². The minimum atomic E-state index is -0.496. The van der Waals surface area contributed by atoms with Gasteiger partial charge in [-0.05, 0) is 54.9 Å². The predicted molar refractivity (Wildman–Crippen MR) is 104 cm³/mol. The Labute approximate surface area is 165 Å². The van der Waals surface area contributed by atoms with Gasteiger partial charge in [0.1, 0.15) is 12.4 Å². The van der Waals surface area contributed by atoms with Crippen molar-refractivity contribution < 1.29 is 18.8 Å². The van der Waals surface area contributed by atoms with Crippen LogP contribution in [0.15, 0.2) is 47.5 Å². The number of hydrogen-bond donors (Lipinski definition) is 0. The number of imide groups is 1. The summed E-state index contributed by atoms with van der Waals surface area (Å²) in [7, 11) is 0. The van der Waals surface area contributed by atoms with Crippen molar-refractivity contribution in [2.24, 2.45) is 0 Å². The number of thioether (sulfide) groups is 1. The lowest BCUT2D eigenvalue weighted by atomic mass is 10.3. The highest BCUT2D eigenvalue weighted by Crippen LogP contribution is 2.33. The van der Waals surface area contributed by atoms with Gasteiger partial charge < -0.3 is 9.47 Å². The topological polar surface area (TPSA) is 62.6 Å². The number of likely N-dealkylation sites (tertiary alicyclic amines) is 1. The van der Waals surface area contributed by atoms with Crippen LogP contribution in [0, 0.1) is 5.82 Å². The van der Waals surface area contributed by atoms with Crippen molar-refractivity contribution in [1.29, 1.82) is 0 Å². The first-order chi connectivity index (χ1) is 13.5. The van der Waals surface area contributed by atoms with Crippen LogP contribution >= 0.6 is 11.8 Å². The zero-order valence-corrected chi connectivity index (χ0v) is 15.8. The van der Waals surface area contributed by atoms with E-state index in [1.165, 1.54) is 6.07 Å². The van der Waals surface area contributed by atoms with E-state index in [-0.39, 0.29) is 17.4 Å². The number of nitrogens with zero attached hydrogens (tertiary/aromatic N) is 3. The van der Waals surface area contributed by atoms with Crippen molar-refractivity contribution in [3.63, 3.8) is 0 Å². The molecule has 0 bridgehead atoms. The van der Waals surface area contributed by atoms with Crippen molar-refractivity contribution in [1.82, 2.24) is 14.4 Å². The fraction of sp³-hybridized carbons (Fsp3) is 0.250. The summed E-state index contributed by atoms with van der Waals surface area (Å²) in [4.78, 5) is 40.1. The molecule has 144 valence electrons. The molecule has 6 nitrogen and oxygen atoms in total. The largest absolute Gasteiger partial charge is 0.341 e. The SMILES string of the molecule is O=C(CN1C(=O)SC(=Cc2cccn2-c2ccccc2F)C1=O)N1CCCC1. The molecule has 0 radical (unpaired) electrons. The van der Waals surface area contributed by atoms with Gasteiger partial charge in [-0.2, -0.15) is 0 Å². The van der Waals surface area contributed by atoms with E-state index in [0.717, 1.165) is 29.5 Å². The maximum absolute atomic E-state index is 14.1. The van der Waals surface area contributed by atoms with Gasteiger partial charge in [-0.1, -0.05) is 12.1 Å². The molecule has 2 aliphatic heterocycles. The number of aromatic nitrogens is 1. The Kier molecular flexibility index (Phi) is 5.04. The van der Waals surface area contributed by atoms with Gasteiger partial charge in [0.05, 0.1) is 10.6 Å². The molecule has 2 aliphatic rings. The van der Waals surface area contributed by atoms with E-state index in [1.54, 1.807) is 52.1 Å². The number of rotatable bonds is 4. The molecule has 1 aromatic heterocycles. The molecule has 2 saturated heterocycles. The number of amides is 3. The van der Waals surface area contributed by atoms with Crippen LogP contribution in [0.4, 0.5) is 9.18 Å². The summed E-state index contributed by atoms with van der Waals surface area (Å²) in [5.74, 6) is -1.10. The highest BCUT2D eigenvalue weighted by molar-refractivity contribution is 8.18. The van der Waals surface area contributed by atoms with Crippen LogP contribution in [-0.2, 0) is 9.59 Å². The van der Waals surface area contributed by atoms with Crippen LogP contribution in [0.25, 0.3) is 11.8 Å². The fourth-order valence-electron chi connectivity index (χ4n) is 3.35. The number of hydrogen-bond acceptors (Lipinski definition) is 4. The van der Waals surface area contributed by atoms with Gasteiger partial charge in [-0.3, -0.25) is 19.3 Å². The maximum Gasteiger partial charge on any atom is 0.294 e. The number of para-hydroxylation sites is 1. The van der Waals surface area contributed by atoms with Crippen LogP contribution in [-0.4, -0.2) is 51.1 Å². The van der Waals surface area contributed by atoms with Crippen LogP contribution in [0.1, 0.15) is 18.5 Å². The molecule has 2 aromatic rings. The average molecular weight is 399 g/mol. The summed E-state index contributed by atoms with van der Waals surface area (Å²) in [6.45, 7) is 1.10. The van der Waals surface area contributed by atoms with Gasteiger partial charge in [0, 0.05) is 25.0 Å². The minimum Gasteiger partial charge on any atom is -0.341 e. The molecular weight excluding hydrogens is 381 g/mol. The third-order valence-electron chi connectivity index (χ3n) is 4.80. The first-order valence-corrected chi connectivity index (χ1v) is 9.81. The average Bonchev–Trinajstić information content (AvgIpc) is 3.41. The van der Waals surface area contributed by atoms with E-state index in [2.05, 4.69) is 0 Å². The zero-order chi connectivity index (χ0) is 19.7. The molecule has 0 atom stereocenters. The lowest BCUT2D eigenvalue weighted by molar-refractivity contribution is -0.135. The normalized spacial score (nSPS) is 18.5. The lowest BCUT2D eigenvalue weighted by Crippen LogP contribution is -2.40. The molecule has 8 heteroatoms. The van der Waals surface area contributed by atoms with Gasteiger partial charge in [0.25, 0.3) is 11.1 Å². The van der Waals surface area contributed by atoms with Gasteiger partial charge in [0.15, 0.2) is 0 Å². The Balaban J connectivity index is 1.56. The van der Waals surface area contributed by atoms with E-state index in [0.29, 0.717) is 24.5 Å². The number of benzene rings is 1. The second kappa shape index (κ2) is 7.63. The first-order valence-electron chi connectivity index (χ1n) is 9.00. The molecule has 28 heavy (non-hydrogen) atoms. The van der Waals surface area contributed by atoms with Gasteiger partial charge in [0.2, 0.25) is 5.91 Å². The summed E-state index contributed by atoms with van der Waals surface area (Å²) >= 11 is 0.793. The van der Waals surface area contributed by atoms with Gasteiger partial charge in [-0.25, -0.2) is 4.39 Å². The maximum atomic E-state index is 14.1. The third-order valence-corrected chi connectivity index (χ3v) is 5.70. The van der Waals surface area contributed by atoms with Crippen molar-refractivity contribution in [2.45, 2.75) is 12.8 Å². The molecule has 0 aliphatic carbocycles. The van der Waals surface area contributed by atoms with Crippen molar-refractivity contribution >= 4 is 34.9 Å². The van der Waals surface area contributed by atoms with E-state index in [1.807, 2.05) is 0 Å². The smallest absolute Gasteiger partial charge is 0.294 e. The summed E-state index contributed by atoms with van der Waals surface area (Å²) in [6, 6.07) is 9.78. The molecule has 1 aromatic carbocycles. The van der Waals surface area contributed by atoms with Gasteiger partial charge >= 0.3 is 0 Å². The van der Waals surface area contributed by atoms with Crippen molar-refractivity contribution in [3.05, 3.63) is 59.0 Å². The second-order valence-electron chi connectivity index (χ2n) is 6.61. The Morgan fingerprint density at radius 3 is 2.61 bits per heavy atom. The fourth-order valence-corrected chi connectivity index (χ4v) is 4.17. The third kappa shape index (κ3) is 3.47. The minimum absolute atomic E-state index is 0.212. The summed E-state index contributed by atoms with van der Waals surface area (Å²) < 4.78 is 15.7. The van der Waals surface area contributed by atoms with E-state index >= 15 is 0 Å². The number of carbonyl (C=O) groups is 3. The first kappa shape index (κ1) is 18.5. The summed E-state index contributed by atoms with van der Waals surface area (Å²) in [6.07, 6.45) is 5.13. The highest BCUT2D eigenvalue weighted by Gasteiger charge is 2.37. The Bertz CT molecular complexity index is 979. The zero-order valence-electron chi connectivity index (χ0n) is 15.0. The molecule has 4 rings (SSSR count). The number of halogens is 1. The standard InChI is InChI=1S/C20H18FN3O3S/c21-15-7-1-2-8-16(15)23-11-5-6-14(23)12-17-19(26)24(20(27)28-17)13-18(25)22-9-3-4-10-22/h1-2,5-8,11-12H,3-4,9-10,13H2. The monoisotopic (exact) mass is 399 g/mol. The molecule has 0 saturated carbocycles. The molecule has 3 heterocycles. The van der Waals surface area contributed by atoms with Crippen LogP contribution in [0.5, 0.6) is 0 Å². The Morgan fingerprint density at radius 1 is 1.11 bits per heavy atom. The summed E-state index contributed by atoms with van der Waals surface area (Å²) in [5, 5.41) is -0.465. The number of carbonyl (C=O) groups excluding carboxylic acids is 3. The molecule has 0 N–H and O–H groups in total. The van der Waals surface area contributed by atoms with Crippen LogP contribution < -0.4 is 0 Å². The second-order valence-corrected chi connectivity index (χ2v) is 7.60. The van der Waals surface area contributed by atoms with Gasteiger partial charge in [-0.15, -0.1) is 0 Å². The molecule has 0 spiro atoms. The van der Waals surface area contributed by atoms with E-state index < -0.39 is 17.0 Å². The lowest BCUT2D eigenvalue weighted by Gasteiger charge is -2.18. The predicted octanol–water partition coefficient (Wildman–Crippen LogP) is 3.28. The molecule has 0 unspecified atom stereocenters. The summed E-state index contributed by atoms with van der Waals surface area (Å²) in [5.41, 5.74) is 0.920. The molecular formula is C20H18FN3O3S. The highest BCUT2D eigenvalue weighted by atomic mass is 32.2. The molecule has 3 amide bonds. The Morgan fingerprint density at radius 2 is 1.86 bits per heavy atom. The van der Waals surface area contributed by atoms with Crippen LogP contribution in [0.3, 0.4) is 0 Å². The van der Waals surface area contributed by atoms with Crippen molar-refractivity contribution in [3.8, 4) is 5.69 Å². The molecule has 2 fully saturated rings. The van der Waals surface area contributed by atoms with E-state index in [9.17, 15) is 18.8 Å².